The van der Waals surface area contributed by atoms with Gasteiger partial charge in [-0.3, -0.25) is 4.57 Å². The van der Waals surface area contributed by atoms with E-state index in [2.05, 4.69) is 0 Å². The summed E-state index contributed by atoms with van der Waals surface area (Å²) >= 11 is 0. The summed E-state index contributed by atoms with van der Waals surface area (Å²) in [6.45, 7) is 5.66. The zero-order chi connectivity index (χ0) is 15.0. The van der Waals surface area contributed by atoms with Crippen LogP contribution in [-0.2, 0) is 25.0 Å². The second-order valence-corrected chi connectivity index (χ2v) is 6.41. The summed E-state index contributed by atoms with van der Waals surface area (Å²) in [6, 6.07) is 9.47. The molecule has 0 aliphatic rings. The molecular weight excluding hydrogens is 279 g/mol. The molecule has 0 saturated carbocycles. The van der Waals surface area contributed by atoms with Crippen molar-refractivity contribution in [1.29, 1.82) is 0 Å². The van der Waals surface area contributed by atoms with E-state index in [0.29, 0.717) is 0 Å². The fraction of sp³-hybridized carbons (Fsp3) is 0.571. The van der Waals surface area contributed by atoms with Crippen molar-refractivity contribution in [3.05, 3.63) is 35.9 Å². The van der Waals surface area contributed by atoms with Crippen molar-refractivity contribution in [3.8, 4) is 0 Å². The number of aliphatic hydroxyl groups is 1. The van der Waals surface area contributed by atoms with E-state index in [1.54, 1.807) is 13.8 Å². The molecule has 6 heteroatoms. The van der Waals surface area contributed by atoms with Gasteiger partial charge in [0.2, 0.25) is 0 Å². The highest BCUT2D eigenvalue weighted by Crippen LogP contribution is 2.54. The first-order valence-electron chi connectivity index (χ1n) is 6.75. The molecule has 0 spiro atoms. The molecule has 1 N–H and O–H groups in total. The van der Waals surface area contributed by atoms with E-state index < -0.39 is 19.5 Å². The van der Waals surface area contributed by atoms with Gasteiger partial charge < -0.3 is 18.9 Å². The van der Waals surface area contributed by atoms with Crippen LogP contribution in [0.1, 0.15) is 26.3 Å². The summed E-state index contributed by atoms with van der Waals surface area (Å²) in [5.41, 5.74) is 0.928. The standard InChI is InChI=1S/C14H23O5P/c1-4-18-20(16,19-5-2)14(12(3)15)17-11-13-9-7-6-8-10-13/h6-10,12,14-15H,4-5,11H2,1-3H3/t12-,14-/m0/s1. The Balaban J connectivity index is 2.79. The maximum atomic E-state index is 12.6. The zero-order valence-corrected chi connectivity index (χ0v) is 13.1. The van der Waals surface area contributed by atoms with Crippen molar-refractivity contribution >= 4 is 7.60 Å². The lowest BCUT2D eigenvalue weighted by atomic mass is 10.2. The van der Waals surface area contributed by atoms with Gasteiger partial charge in [-0.25, -0.2) is 0 Å². The lowest BCUT2D eigenvalue weighted by Gasteiger charge is -2.28. The van der Waals surface area contributed by atoms with E-state index in [-0.39, 0.29) is 19.8 Å². The van der Waals surface area contributed by atoms with Crippen molar-refractivity contribution in [2.45, 2.75) is 39.3 Å². The molecule has 0 bridgehead atoms. The predicted octanol–water partition coefficient (Wildman–Crippen LogP) is 3.18. The quantitative estimate of drug-likeness (QED) is 0.710. The molecule has 0 saturated heterocycles. The van der Waals surface area contributed by atoms with Crippen LogP contribution in [0.4, 0.5) is 0 Å². The molecule has 0 fully saturated rings. The van der Waals surface area contributed by atoms with Gasteiger partial charge in [0.05, 0.1) is 25.9 Å². The van der Waals surface area contributed by atoms with E-state index in [1.165, 1.54) is 6.92 Å². The van der Waals surface area contributed by atoms with Gasteiger partial charge >= 0.3 is 7.60 Å². The zero-order valence-electron chi connectivity index (χ0n) is 12.2. The van der Waals surface area contributed by atoms with Crippen molar-refractivity contribution in [3.63, 3.8) is 0 Å². The number of aliphatic hydroxyl groups excluding tert-OH is 1. The Morgan fingerprint density at radius 3 is 2.15 bits per heavy atom. The van der Waals surface area contributed by atoms with Crippen molar-refractivity contribution in [2.24, 2.45) is 0 Å². The smallest absolute Gasteiger partial charge is 0.361 e. The maximum Gasteiger partial charge on any atom is 0.361 e. The summed E-state index contributed by atoms with van der Waals surface area (Å²) in [5, 5.41) is 9.82. The van der Waals surface area contributed by atoms with E-state index in [4.69, 9.17) is 13.8 Å². The molecule has 1 rings (SSSR count). The van der Waals surface area contributed by atoms with Crippen molar-refractivity contribution in [2.75, 3.05) is 13.2 Å². The van der Waals surface area contributed by atoms with Crippen LogP contribution in [-0.4, -0.2) is 30.3 Å². The molecule has 0 amide bonds. The molecule has 0 aromatic heterocycles. The second kappa shape index (κ2) is 8.55. The highest BCUT2D eigenvalue weighted by molar-refractivity contribution is 7.54. The number of hydrogen-bond acceptors (Lipinski definition) is 5. The topological polar surface area (TPSA) is 65.0 Å². The summed E-state index contributed by atoms with van der Waals surface area (Å²) in [5.74, 6) is -0.998. The Hall–Kier alpha value is -0.710. The van der Waals surface area contributed by atoms with E-state index >= 15 is 0 Å². The molecule has 2 atom stereocenters. The number of ether oxygens (including phenoxy) is 1. The van der Waals surface area contributed by atoms with Gasteiger partial charge in [-0.05, 0) is 26.3 Å². The molecule has 0 aliphatic carbocycles. The first-order valence-corrected chi connectivity index (χ1v) is 8.37. The van der Waals surface area contributed by atoms with Crippen molar-refractivity contribution < 1.29 is 23.5 Å². The Bertz CT molecular complexity index is 411. The monoisotopic (exact) mass is 302 g/mol. The average Bonchev–Trinajstić information content (AvgIpc) is 2.40. The first kappa shape index (κ1) is 17.3. The first-order chi connectivity index (χ1) is 9.53. The minimum Gasteiger partial charge on any atom is -0.390 e. The number of benzene rings is 1. The third-order valence-corrected chi connectivity index (χ3v) is 5.05. The molecule has 0 heterocycles. The Kier molecular flexibility index (Phi) is 7.41. The second-order valence-electron chi connectivity index (χ2n) is 4.30. The van der Waals surface area contributed by atoms with Crippen LogP contribution in [0.2, 0.25) is 0 Å². The summed E-state index contributed by atoms with van der Waals surface area (Å²) < 4.78 is 28.7. The average molecular weight is 302 g/mol. The van der Waals surface area contributed by atoms with Gasteiger partial charge in [0, 0.05) is 0 Å². The van der Waals surface area contributed by atoms with Gasteiger partial charge in [-0.15, -0.1) is 0 Å². The van der Waals surface area contributed by atoms with Gasteiger partial charge in [-0.1, -0.05) is 30.3 Å². The molecule has 0 unspecified atom stereocenters. The van der Waals surface area contributed by atoms with Crippen LogP contribution in [0.3, 0.4) is 0 Å². The van der Waals surface area contributed by atoms with Gasteiger partial charge in [0.25, 0.3) is 0 Å². The molecule has 0 aliphatic heterocycles. The SMILES string of the molecule is CCOP(=O)(OCC)[C@H](OCc1ccccc1)[C@H](C)O. The predicted molar refractivity (Wildman–Crippen MR) is 77.6 cm³/mol. The minimum absolute atomic E-state index is 0.231. The fourth-order valence-corrected chi connectivity index (χ4v) is 3.67. The van der Waals surface area contributed by atoms with Crippen LogP contribution >= 0.6 is 7.60 Å². The maximum absolute atomic E-state index is 12.6. The van der Waals surface area contributed by atoms with Crippen LogP contribution in [0.15, 0.2) is 30.3 Å². The van der Waals surface area contributed by atoms with Gasteiger partial charge in [0.15, 0.2) is 5.85 Å². The minimum atomic E-state index is -3.49. The third kappa shape index (κ3) is 5.00. The van der Waals surface area contributed by atoms with Crippen LogP contribution in [0.25, 0.3) is 0 Å². The van der Waals surface area contributed by atoms with E-state index in [0.717, 1.165) is 5.56 Å². The number of hydrogen-bond donors (Lipinski definition) is 1. The highest BCUT2D eigenvalue weighted by atomic mass is 31.2. The summed E-state index contributed by atoms with van der Waals surface area (Å²) in [4.78, 5) is 0. The fourth-order valence-electron chi connectivity index (χ4n) is 1.79. The normalized spacial score (nSPS) is 15.0. The Morgan fingerprint density at radius 1 is 1.15 bits per heavy atom. The van der Waals surface area contributed by atoms with Crippen LogP contribution < -0.4 is 0 Å². The lowest BCUT2D eigenvalue weighted by molar-refractivity contribution is -0.0115. The molecule has 5 nitrogen and oxygen atoms in total. The van der Waals surface area contributed by atoms with Crippen LogP contribution in [0, 0.1) is 0 Å². The molecule has 1 aromatic rings. The van der Waals surface area contributed by atoms with Crippen LogP contribution in [0.5, 0.6) is 0 Å². The largest absolute Gasteiger partial charge is 0.390 e. The molecule has 114 valence electrons. The Morgan fingerprint density at radius 2 is 1.70 bits per heavy atom. The molecule has 0 radical (unpaired) electrons. The summed E-state index contributed by atoms with van der Waals surface area (Å²) in [6.07, 6.45) is -0.956. The lowest BCUT2D eigenvalue weighted by Crippen LogP contribution is -2.28. The highest BCUT2D eigenvalue weighted by Gasteiger charge is 2.40. The Labute approximate surface area is 120 Å². The van der Waals surface area contributed by atoms with Gasteiger partial charge in [-0.2, -0.15) is 0 Å². The van der Waals surface area contributed by atoms with Gasteiger partial charge in [0.1, 0.15) is 0 Å². The van der Waals surface area contributed by atoms with E-state index in [1.807, 2.05) is 30.3 Å². The number of rotatable bonds is 9. The molecule has 20 heavy (non-hydrogen) atoms. The van der Waals surface area contributed by atoms with E-state index in [9.17, 15) is 9.67 Å². The third-order valence-electron chi connectivity index (χ3n) is 2.61. The van der Waals surface area contributed by atoms with Crippen molar-refractivity contribution in [1.82, 2.24) is 0 Å². The molecular formula is C14H23O5P. The summed E-state index contributed by atoms with van der Waals surface area (Å²) in [7, 11) is -3.49. The molecule has 1 aromatic carbocycles.